The fourth-order valence-corrected chi connectivity index (χ4v) is 7.21. The number of nitrogens with two attached hydrogens (primary N) is 1. The summed E-state index contributed by atoms with van der Waals surface area (Å²) in [5.41, 5.74) is 8.06. The molecular formula is C20H29N3OS. The van der Waals surface area contributed by atoms with E-state index in [1.807, 2.05) is 4.90 Å². The van der Waals surface area contributed by atoms with Crippen molar-refractivity contribution in [2.24, 2.45) is 29.4 Å². The summed E-state index contributed by atoms with van der Waals surface area (Å²) in [5, 5.41) is 7.53. The fraction of sp³-hybridized carbons (Fsp3) is 0.750. The fourth-order valence-electron chi connectivity index (χ4n) is 6.50. The van der Waals surface area contributed by atoms with Gasteiger partial charge in [-0.3, -0.25) is 0 Å². The minimum absolute atomic E-state index is 0.0901. The lowest BCUT2D eigenvalue weighted by Crippen LogP contribution is -2.67. The molecule has 4 aliphatic carbocycles. The zero-order valence-electron chi connectivity index (χ0n) is 14.8. The van der Waals surface area contributed by atoms with E-state index >= 15 is 0 Å². The van der Waals surface area contributed by atoms with Crippen molar-refractivity contribution in [1.82, 2.24) is 10.2 Å². The molecule has 136 valence electrons. The van der Waals surface area contributed by atoms with Gasteiger partial charge in [0.15, 0.2) is 0 Å². The van der Waals surface area contributed by atoms with Crippen LogP contribution in [0.4, 0.5) is 4.79 Å². The largest absolute Gasteiger partial charge is 0.336 e. The molecule has 25 heavy (non-hydrogen) atoms. The van der Waals surface area contributed by atoms with E-state index < -0.39 is 0 Å². The van der Waals surface area contributed by atoms with Gasteiger partial charge in [-0.2, -0.15) is 11.3 Å². The third-order valence-electron chi connectivity index (χ3n) is 7.65. The number of carbonyl (C=O) groups is 1. The zero-order chi connectivity index (χ0) is 17.0. The van der Waals surface area contributed by atoms with E-state index in [4.69, 9.17) is 5.73 Å². The normalized spacial score (nSPS) is 42.1. The van der Waals surface area contributed by atoms with Crippen LogP contribution >= 0.6 is 11.3 Å². The Labute approximate surface area is 154 Å². The van der Waals surface area contributed by atoms with Crippen molar-refractivity contribution < 1.29 is 4.79 Å². The Kier molecular flexibility index (Phi) is 3.86. The SMILES string of the molecule is NC1(CNC(=O)N2CCCC2c2ccsc2)C2CC3CC(C2)CC1C3. The van der Waals surface area contributed by atoms with Crippen LogP contribution in [0.25, 0.3) is 0 Å². The van der Waals surface area contributed by atoms with Gasteiger partial charge in [0.1, 0.15) is 0 Å². The van der Waals surface area contributed by atoms with E-state index in [-0.39, 0.29) is 17.6 Å². The molecular weight excluding hydrogens is 330 g/mol. The van der Waals surface area contributed by atoms with Crippen LogP contribution in [0.1, 0.15) is 56.6 Å². The van der Waals surface area contributed by atoms with Crippen LogP contribution < -0.4 is 11.1 Å². The Morgan fingerprint density at radius 3 is 2.60 bits per heavy atom. The Hall–Kier alpha value is -1.07. The number of nitrogens with one attached hydrogen (secondary N) is 1. The maximum atomic E-state index is 12.9. The monoisotopic (exact) mass is 359 g/mol. The molecule has 5 fully saturated rings. The third-order valence-corrected chi connectivity index (χ3v) is 8.35. The molecule has 4 bridgehead atoms. The van der Waals surface area contributed by atoms with Gasteiger partial charge in [0.25, 0.3) is 0 Å². The Balaban J connectivity index is 1.26. The van der Waals surface area contributed by atoms with Gasteiger partial charge in [-0.25, -0.2) is 4.79 Å². The van der Waals surface area contributed by atoms with Crippen molar-refractivity contribution in [3.05, 3.63) is 22.4 Å². The van der Waals surface area contributed by atoms with Crippen LogP contribution in [-0.4, -0.2) is 29.6 Å². The van der Waals surface area contributed by atoms with E-state index in [2.05, 4.69) is 22.1 Å². The molecule has 3 N–H and O–H groups in total. The van der Waals surface area contributed by atoms with Crippen LogP contribution in [0.5, 0.6) is 0 Å². The maximum Gasteiger partial charge on any atom is 0.317 e. The number of likely N-dealkylation sites (tertiary alicyclic amines) is 1. The van der Waals surface area contributed by atoms with Crippen molar-refractivity contribution in [3.8, 4) is 0 Å². The lowest BCUT2D eigenvalue weighted by atomic mass is 9.49. The van der Waals surface area contributed by atoms with Crippen molar-refractivity contribution in [2.75, 3.05) is 13.1 Å². The van der Waals surface area contributed by atoms with E-state index in [9.17, 15) is 4.79 Å². The molecule has 5 heteroatoms. The van der Waals surface area contributed by atoms with Crippen molar-refractivity contribution >= 4 is 17.4 Å². The molecule has 4 nitrogen and oxygen atoms in total. The summed E-state index contributed by atoms with van der Waals surface area (Å²) in [4.78, 5) is 14.9. The molecule has 0 spiro atoms. The summed E-state index contributed by atoms with van der Waals surface area (Å²) in [6.45, 7) is 1.52. The maximum absolute atomic E-state index is 12.9. The van der Waals surface area contributed by atoms with E-state index in [1.165, 1.54) is 37.7 Å². The van der Waals surface area contributed by atoms with Crippen molar-refractivity contribution in [3.63, 3.8) is 0 Å². The van der Waals surface area contributed by atoms with Gasteiger partial charge in [0.2, 0.25) is 0 Å². The second-order valence-electron chi connectivity index (χ2n) is 8.98. The second kappa shape index (κ2) is 5.98. The number of hydrogen-bond acceptors (Lipinski definition) is 3. The highest BCUT2D eigenvalue weighted by atomic mass is 32.1. The van der Waals surface area contributed by atoms with Gasteiger partial charge in [-0.05, 0) is 91.0 Å². The molecule has 1 aromatic rings. The summed E-state index contributed by atoms with van der Waals surface area (Å²) >= 11 is 1.71. The summed E-state index contributed by atoms with van der Waals surface area (Å²) in [6, 6.07) is 2.49. The first-order valence-corrected chi connectivity index (χ1v) is 10.9. The molecule has 1 saturated heterocycles. The number of rotatable bonds is 3. The third kappa shape index (κ3) is 2.62. The summed E-state index contributed by atoms with van der Waals surface area (Å²) < 4.78 is 0. The molecule has 4 saturated carbocycles. The number of nitrogens with zero attached hydrogens (tertiary/aromatic N) is 1. The van der Waals surface area contributed by atoms with E-state index in [0.29, 0.717) is 18.4 Å². The highest BCUT2D eigenvalue weighted by Gasteiger charge is 2.55. The number of thiophene rings is 1. The van der Waals surface area contributed by atoms with Gasteiger partial charge >= 0.3 is 6.03 Å². The molecule has 1 aromatic heterocycles. The Morgan fingerprint density at radius 2 is 1.96 bits per heavy atom. The number of urea groups is 1. The molecule has 2 heterocycles. The predicted octanol–water partition coefficient (Wildman–Crippen LogP) is 3.75. The van der Waals surface area contributed by atoms with Crippen LogP contribution in [0.3, 0.4) is 0 Å². The molecule has 1 atom stereocenters. The molecule has 1 unspecified atom stereocenters. The van der Waals surface area contributed by atoms with E-state index in [1.54, 1.807) is 11.3 Å². The van der Waals surface area contributed by atoms with Crippen molar-refractivity contribution in [2.45, 2.75) is 56.5 Å². The first kappa shape index (κ1) is 16.1. The summed E-state index contributed by atoms with van der Waals surface area (Å²) in [7, 11) is 0. The average molecular weight is 360 g/mol. The van der Waals surface area contributed by atoms with Crippen LogP contribution in [0.2, 0.25) is 0 Å². The van der Waals surface area contributed by atoms with Crippen LogP contribution in [0.15, 0.2) is 16.8 Å². The van der Waals surface area contributed by atoms with E-state index in [0.717, 1.165) is 31.2 Å². The second-order valence-corrected chi connectivity index (χ2v) is 9.76. The van der Waals surface area contributed by atoms with Crippen molar-refractivity contribution in [1.29, 1.82) is 0 Å². The quantitative estimate of drug-likeness (QED) is 0.863. The molecule has 1 aliphatic heterocycles. The topological polar surface area (TPSA) is 58.4 Å². The zero-order valence-corrected chi connectivity index (χ0v) is 15.6. The molecule has 0 aromatic carbocycles. The Morgan fingerprint density at radius 1 is 1.24 bits per heavy atom. The minimum atomic E-state index is -0.166. The molecule has 5 aliphatic rings. The van der Waals surface area contributed by atoms with Crippen LogP contribution in [0, 0.1) is 23.7 Å². The first-order valence-electron chi connectivity index (χ1n) is 9.99. The number of amides is 2. The highest BCUT2D eigenvalue weighted by molar-refractivity contribution is 7.07. The average Bonchev–Trinajstić information content (AvgIpc) is 3.27. The standard InChI is InChI=1S/C20H29N3OS/c21-20(16-7-13-6-14(9-16)10-17(20)8-13)12-22-19(24)23-4-1-2-18(23)15-3-5-25-11-15/h3,5,11,13-14,16-18H,1-2,4,6-10,12,21H2,(H,22,24). The van der Waals surface area contributed by atoms with Gasteiger partial charge in [0, 0.05) is 18.6 Å². The molecule has 2 amide bonds. The first-order chi connectivity index (χ1) is 12.1. The highest BCUT2D eigenvalue weighted by Crippen LogP contribution is 2.57. The van der Waals surface area contributed by atoms with Gasteiger partial charge in [-0.1, -0.05) is 0 Å². The van der Waals surface area contributed by atoms with Gasteiger partial charge in [-0.15, -0.1) is 0 Å². The van der Waals surface area contributed by atoms with Gasteiger partial charge in [0.05, 0.1) is 6.04 Å². The van der Waals surface area contributed by atoms with Crippen LogP contribution in [-0.2, 0) is 0 Å². The number of hydrogen-bond donors (Lipinski definition) is 2. The predicted molar refractivity (Wildman–Crippen MR) is 100 cm³/mol. The minimum Gasteiger partial charge on any atom is -0.336 e. The summed E-state index contributed by atoms with van der Waals surface area (Å²) in [6.07, 6.45) is 8.77. The Bertz CT molecular complexity index is 615. The summed E-state index contributed by atoms with van der Waals surface area (Å²) in [5.74, 6) is 3.07. The molecule has 0 radical (unpaired) electrons. The lowest BCUT2D eigenvalue weighted by molar-refractivity contribution is -0.0533. The molecule has 6 rings (SSSR count). The number of carbonyl (C=O) groups excluding carboxylic acids is 1. The smallest absolute Gasteiger partial charge is 0.317 e. The van der Waals surface area contributed by atoms with Gasteiger partial charge < -0.3 is 16.0 Å². The lowest BCUT2D eigenvalue weighted by Gasteiger charge is -2.60.